The summed E-state index contributed by atoms with van der Waals surface area (Å²) in [6, 6.07) is 7.49. The number of hydrogen-bond donors (Lipinski definition) is 2. The number of amides is 1. The zero-order valence-electron chi connectivity index (χ0n) is 13.5. The van der Waals surface area contributed by atoms with Gasteiger partial charge in [0, 0.05) is 12.6 Å². The number of likely N-dealkylation sites (N-methyl/N-ethyl adjacent to an activating group) is 1. The number of nitrogens with one attached hydrogen (secondary N) is 2. The standard InChI is InChI=1S/C16H21N3O2.2ClH/c1-4-17-11(2)10-18-16(20)13-7-8-14(19-12(13)3)15-6-5-9-21-15;;/h5-9,11,17H,4,10H2,1-3H3,(H,18,20);2*1H/t11-;;/m1../s1. The van der Waals surface area contributed by atoms with Crippen LogP contribution in [0.1, 0.15) is 29.9 Å². The van der Waals surface area contributed by atoms with Gasteiger partial charge in [-0.05, 0) is 44.7 Å². The molecule has 2 aromatic heterocycles. The molecule has 0 radical (unpaired) electrons. The molecule has 23 heavy (non-hydrogen) atoms. The molecule has 2 N–H and O–H groups in total. The highest BCUT2D eigenvalue weighted by molar-refractivity contribution is 5.95. The zero-order valence-corrected chi connectivity index (χ0v) is 15.1. The predicted molar refractivity (Wildman–Crippen MR) is 96.6 cm³/mol. The molecule has 0 saturated carbocycles. The van der Waals surface area contributed by atoms with E-state index in [1.807, 2.05) is 32.9 Å². The topological polar surface area (TPSA) is 67.2 Å². The molecule has 0 fully saturated rings. The van der Waals surface area contributed by atoms with Crippen molar-refractivity contribution in [1.82, 2.24) is 15.6 Å². The van der Waals surface area contributed by atoms with Gasteiger partial charge in [-0.1, -0.05) is 6.92 Å². The Morgan fingerprint density at radius 1 is 1.30 bits per heavy atom. The van der Waals surface area contributed by atoms with Crippen molar-refractivity contribution in [1.29, 1.82) is 0 Å². The van der Waals surface area contributed by atoms with Crippen molar-refractivity contribution in [3.05, 3.63) is 41.8 Å². The van der Waals surface area contributed by atoms with Crippen LogP contribution in [0.4, 0.5) is 0 Å². The molecule has 0 unspecified atom stereocenters. The van der Waals surface area contributed by atoms with E-state index in [1.165, 1.54) is 0 Å². The van der Waals surface area contributed by atoms with Crippen molar-refractivity contribution < 1.29 is 9.21 Å². The Bertz CT molecular complexity index is 603. The van der Waals surface area contributed by atoms with Crippen LogP contribution < -0.4 is 10.6 Å². The minimum absolute atomic E-state index is 0. The maximum atomic E-state index is 12.2. The highest BCUT2D eigenvalue weighted by Gasteiger charge is 2.12. The van der Waals surface area contributed by atoms with E-state index < -0.39 is 0 Å². The summed E-state index contributed by atoms with van der Waals surface area (Å²) in [5.41, 5.74) is 2.02. The smallest absolute Gasteiger partial charge is 0.253 e. The van der Waals surface area contributed by atoms with Gasteiger partial charge >= 0.3 is 0 Å². The Hall–Kier alpha value is -1.56. The molecule has 1 amide bonds. The number of aryl methyl sites for hydroxylation is 1. The van der Waals surface area contributed by atoms with Crippen LogP contribution in [0.5, 0.6) is 0 Å². The molecule has 7 heteroatoms. The molecule has 2 rings (SSSR count). The first-order valence-electron chi connectivity index (χ1n) is 7.15. The lowest BCUT2D eigenvalue weighted by molar-refractivity contribution is 0.0949. The molecule has 0 aliphatic rings. The normalized spacial score (nSPS) is 11.1. The summed E-state index contributed by atoms with van der Waals surface area (Å²) in [5, 5.41) is 6.17. The molecule has 0 bridgehead atoms. The lowest BCUT2D eigenvalue weighted by atomic mass is 10.1. The summed E-state index contributed by atoms with van der Waals surface area (Å²) in [7, 11) is 0. The van der Waals surface area contributed by atoms with Crippen LogP contribution in [0.25, 0.3) is 11.5 Å². The molecule has 1 atom stereocenters. The lowest BCUT2D eigenvalue weighted by Crippen LogP contribution is -2.39. The summed E-state index contributed by atoms with van der Waals surface area (Å²) in [6.07, 6.45) is 1.61. The summed E-state index contributed by atoms with van der Waals surface area (Å²) < 4.78 is 5.31. The fourth-order valence-corrected chi connectivity index (χ4v) is 2.12. The fraction of sp³-hybridized carbons (Fsp3) is 0.375. The van der Waals surface area contributed by atoms with E-state index in [0.29, 0.717) is 23.6 Å². The molecule has 0 saturated heterocycles. The minimum Gasteiger partial charge on any atom is -0.463 e. The number of furan rings is 1. The largest absolute Gasteiger partial charge is 0.463 e. The quantitative estimate of drug-likeness (QED) is 0.830. The molecule has 0 aliphatic carbocycles. The van der Waals surface area contributed by atoms with Gasteiger partial charge in [0.05, 0.1) is 17.5 Å². The lowest BCUT2D eigenvalue weighted by Gasteiger charge is -2.14. The Kier molecular flexibility index (Phi) is 9.56. The van der Waals surface area contributed by atoms with Gasteiger partial charge in [0.1, 0.15) is 5.69 Å². The number of carbonyl (C=O) groups is 1. The molecular weight excluding hydrogens is 337 g/mol. The number of halogens is 2. The third-order valence-electron chi connectivity index (χ3n) is 3.23. The Morgan fingerprint density at radius 3 is 2.61 bits per heavy atom. The van der Waals surface area contributed by atoms with Gasteiger partial charge in [0.15, 0.2) is 5.76 Å². The molecule has 128 valence electrons. The molecule has 2 aromatic rings. The first-order valence-corrected chi connectivity index (χ1v) is 7.15. The highest BCUT2D eigenvalue weighted by atomic mass is 35.5. The molecule has 0 aliphatic heterocycles. The number of carbonyl (C=O) groups excluding carboxylic acids is 1. The van der Waals surface area contributed by atoms with Crippen LogP contribution in [-0.4, -0.2) is 30.0 Å². The number of rotatable bonds is 6. The molecular formula is C16H23Cl2N3O2. The van der Waals surface area contributed by atoms with Crippen LogP contribution in [0.2, 0.25) is 0 Å². The van der Waals surface area contributed by atoms with Crippen molar-refractivity contribution in [3.8, 4) is 11.5 Å². The number of pyridine rings is 1. The van der Waals surface area contributed by atoms with E-state index in [4.69, 9.17) is 4.42 Å². The van der Waals surface area contributed by atoms with Crippen LogP contribution in [0.15, 0.2) is 34.9 Å². The van der Waals surface area contributed by atoms with Crippen molar-refractivity contribution >= 4 is 30.7 Å². The summed E-state index contributed by atoms with van der Waals surface area (Å²) in [5.74, 6) is 0.599. The van der Waals surface area contributed by atoms with Crippen LogP contribution in [0.3, 0.4) is 0 Å². The molecule has 5 nitrogen and oxygen atoms in total. The van der Waals surface area contributed by atoms with Gasteiger partial charge in [-0.3, -0.25) is 4.79 Å². The molecule has 0 aromatic carbocycles. The van der Waals surface area contributed by atoms with Gasteiger partial charge in [-0.2, -0.15) is 0 Å². The van der Waals surface area contributed by atoms with E-state index in [1.54, 1.807) is 18.4 Å². The van der Waals surface area contributed by atoms with Gasteiger partial charge in [-0.25, -0.2) is 4.98 Å². The average Bonchev–Trinajstić information content (AvgIpc) is 2.99. The predicted octanol–water partition coefficient (Wildman–Crippen LogP) is 3.22. The molecule has 0 spiro atoms. The highest BCUT2D eigenvalue weighted by Crippen LogP contribution is 2.19. The first-order chi connectivity index (χ1) is 10.1. The van der Waals surface area contributed by atoms with Gasteiger partial charge in [0.25, 0.3) is 5.91 Å². The van der Waals surface area contributed by atoms with Crippen molar-refractivity contribution in [2.75, 3.05) is 13.1 Å². The SMILES string of the molecule is CCN[C@H](C)CNC(=O)c1ccc(-c2ccco2)nc1C.Cl.Cl. The third-order valence-corrected chi connectivity index (χ3v) is 3.23. The van der Waals surface area contributed by atoms with E-state index in [0.717, 1.165) is 12.2 Å². The average molecular weight is 360 g/mol. The Morgan fingerprint density at radius 2 is 2.04 bits per heavy atom. The van der Waals surface area contributed by atoms with E-state index in [2.05, 4.69) is 15.6 Å². The summed E-state index contributed by atoms with van der Waals surface area (Å²) in [6.45, 7) is 7.38. The van der Waals surface area contributed by atoms with E-state index in [9.17, 15) is 4.79 Å². The maximum absolute atomic E-state index is 12.2. The Labute approximate surface area is 149 Å². The Balaban J connectivity index is 0.00000242. The van der Waals surface area contributed by atoms with Gasteiger partial charge in [0.2, 0.25) is 0 Å². The van der Waals surface area contributed by atoms with E-state index in [-0.39, 0.29) is 36.8 Å². The minimum atomic E-state index is -0.101. The second-order valence-corrected chi connectivity index (χ2v) is 4.98. The van der Waals surface area contributed by atoms with Crippen LogP contribution >= 0.6 is 24.8 Å². The van der Waals surface area contributed by atoms with Crippen molar-refractivity contribution in [3.63, 3.8) is 0 Å². The van der Waals surface area contributed by atoms with Crippen molar-refractivity contribution in [2.24, 2.45) is 0 Å². The molecule has 2 heterocycles. The third kappa shape index (κ3) is 5.86. The maximum Gasteiger partial charge on any atom is 0.253 e. The fourth-order valence-electron chi connectivity index (χ4n) is 2.12. The second kappa shape index (κ2) is 10.3. The van der Waals surface area contributed by atoms with Crippen LogP contribution in [0, 0.1) is 6.92 Å². The first kappa shape index (κ1) is 21.4. The van der Waals surface area contributed by atoms with Crippen molar-refractivity contribution in [2.45, 2.75) is 26.8 Å². The summed E-state index contributed by atoms with van der Waals surface area (Å²) in [4.78, 5) is 16.6. The number of nitrogens with zero attached hydrogens (tertiary/aromatic N) is 1. The summed E-state index contributed by atoms with van der Waals surface area (Å²) >= 11 is 0. The van der Waals surface area contributed by atoms with Gasteiger partial charge in [-0.15, -0.1) is 24.8 Å². The number of aromatic nitrogens is 1. The number of hydrogen-bond acceptors (Lipinski definition) is 4. The zero-order chi connectivity index (χ0) is 15.2. The monoisotopic (exact) mass is 359 g/mol. The second-order valence-electron chi connectivity index (χ2n) is 4.98. The van der Waals surface area contributed by atoms with Gasteiger partial charge < -0.3 is 15.1 Å². The van der Waals surface area contributed by atoms with Crippen LogP contribution in [-0.2, 0) is 0 Å². The van der Waals surface area contributed by atoms with E-state index >= 15 is 0 Å².